The summed E-state index contributed by atoms with van der Waals surface area (Å²) in [6.45, 7) is 3.43. The van der Waals surface area contributed by atoms with Crippen LogP contribution < -0.4 is 0 Å². The zero-order chi connectivity index (χ0) is 10.2. The summed E-state index contributed by atoms with van der Waals surface area (Å²) >= 11 is 1.94. The Labute approximate surface area is 91.4 Å². The number of rotatable bonds is 6. The molecule has 14 heavy (non-hydrogen) atoms. The molecule has 0 radical (unpaired) electrons. The summed E-state index contributed by atoms with van der Waals surface area (Å²) in [5.74, 6) is 2.84. The first-order chi connectivity index (χ1) is 6.86. The molecule has 3 heteroatoms. The second kappa shape index (κ2) is 7.55. The number of ether oxygens (including phenoxy) is 1. The first kappa shape index (κ1) is 12.3. The predicted octanol–water partition coefficient (Wildman–Crippen LogP) is 2.31. The van der Waals surface area contributed by atoms with E-state index in [1.165, 1.54) is 5.75 Å². The minimum Gasteiger partial charge on any atom is -0.396 e. The van der Waals surface area contributed by atoms with E-state index in [1.54, 1.807) is 0 Å². The highest BCUT2D eigenvalue weighted by molar-refractivity contribution is 7.99. The maximum atomic E-state index is 8.98. The molecule has 0 saturated heterocycles. The SMILES string of the molecule is CCSCCOC1CCC(CO)CC1. The number of hydrogen-bond donors (Lipinski definition) is 1. The molecular formula is C11H22O2S. The zero-order valence-corrected chi connectivity index (χ0v) is 9.89. The van der Waals surface area contributed by atoms with Crippen molar-refractivity contribution in [2.45, 2.75) is 38.7 Å². The molecule has 1 fully saturated rings. The van der Waals surface area contributed by atoms with Gasteiger partial charge in [-0.1, -0.05) is 6.92 Å². The van der Waals surface area contributed by atoms with Gasteiger partial charge in [0.1, 0.15) is 0 Å². The van der Waals surface area contributed by atoms with Crippen molar-refractivity contribution in [2.24, 2.45) is 5.92 Å². The molecule has 1 N–H and O–H groups in total. The van der Waals surface area contributed by atoms with Gasteiger partial charge in [0.15, 0.2) is 0 Å². The van der Waals surface area contributed by atoms with Gasteiger partial charge in [-0.3, -0.25) is 0 Å². The van der Waals surface area contributed by atoms with Gasteiger partial charge in [-0.05, 0) is 37.4 Å². The van der Waals surface area contributed by atoms with Crippen molar-refractivity contribution in [1.82, 2.24) is 0 Å². The lowest BCUT2D eigenvalue weighted by Crippen LogP contribution is -2.24. The highest BCUT2D eigenvalue weighted by atomic mass is 32.2. The number of thioether (sulfide) groups is 1. The van der Waals surface area contributed by atoms with Crippen molar-refractivity contribution in [3.63, 3.8) is 0 Å². The van der Waals surface area contributed by atoms with Crippen molar-refractivity contribution in [3.8, 4) is 0 Å². The van der Waals surface area contributed by atoms with Crippen molar-refractivity contribution in [3.05, 3.63) is 0 Å². The van der Waals surface area contributed by atoms with Crippen LogP contribution in [0, 0.1) is 5.92 Å². The fraction of sp³-hybridized carbons (Fsp3) is 1.00. The Bertz CT molecular complexity index is 133. The van der Waals surface area contributed by atoms with Gasteiger partial charge in [0.25, 0.3) is 0 Å². The summed E-state index contributed by atoms with van der Waals surface area (Å²) in [5, 5.41) is 8.98. The van der Waals surface area contributed by atoms with Crippen LogP contribution >= 0.6 is 11.8 Å². The Kier molecular flexibility index (Phi) is 6.65. The Balaban J connectivity index is 1.98. The van der Waals surface area contributed by atoms with Crippen LogP contribution in [0.5, 0.6) is 0 Å². The molecule has 0 spiro atoms. The monoisotopic (exact) mass is 218 g/mol. The van der Waals surface area contributed by atoms with Crippen LogP contribution in [0.25, 0.3) is 0 Å². The molecule has 2 nitrogen and oxygen atoms in total. The third-order valence-corrected chi connectivity index (χ3v) is 3.70. The van der Waals surface area contributed by atoms with E-state index in [9.17, 15) is 0 Å². The number of aliphatic hydroxyl groups is 1. The van der Waals surface area contributed by atoms with E-state index in [-0.39, 0.29) is 0 Å². The molecule has 0 aromatic heterocycles. The van der Waals surface area contributed by atoms with Crippen LogP contribution in [0.4, 0.5) is 0 Å². The van der Waals surface area contributed by atoms with Crippen LogP contribution in [0.3, 0.4) is 0 Å². The largest absolute Gasteiger partial charge is 0.396 e. The van der Waals surface area contributed by atoms with Crippen LogP contribution in [-0.2, 0) is 4.74 Å². The maximum absolute atomic E-state index is 8.98. The van der Waals surface area contributed by atoms with Gasteiger partial charge in [-0.2, -0.15) is 11.8 Å². The third-order valence-electron chi connectivity index (χ3n) is 2.84. The summed E-state index contributed by atoms with van der Waals surface area (Å²) < 4.78 is 5.78. The molecule has 1 aliphatic carbocycles. The summed E-state index contributed by atoms with van der Waals surface area (Å²) in [6, 6.07) is 0. The molecule has 1 rings (SSSR count). The van der Waals surface area contributed by atoms with E-state index in [2.05, 4.69) is 6.92 Å². The first-order valence-electron chi connectivity index (χ1n) is 5.67. The quantitative estimate of drug-likeness (QED) is 0.694. The molecule has 1 aliphatic rings. The molecule has 0 unspecified atom stereocenters. The molecule has 0 aromatic carbocycles. The van der Waals surface area contributed by atoms with Crippen LogP contribution in [-0.4, -0.2) is 35.9 Å². The minimum atomic E-state index is 0.360. The van der Waals surface area contributed by atoms with Crippen molar-refractivity contribution >= 4 is 11.8 Å². The summed E-state index contributed by atoms with van der Waals surface area (Å²) in [5.41, 5.74) is 0. The van der Waals surface area contributed by atoms with Gasteiger partial charge < -0.3 is 9.84 Å². The molecule has 0 aromatic rings. The average Bonchev–Trinajstić information content (AvgIpc) is 2.25. The standard InChI is InChI=1S/C11H22O2S/c1-2-14-8-7-13-11-5-3-10(9-12)4-6-11/h10-12H,2-9H2,1H3. The van der Waals surface area contributed by atoms with Gasteiger partial charge in [0.2, 0.25) is 0 Å². The molecule has 1 saturated carbocycles. The van der Waals surface area contributed by atoms with Gasteiger partial charge in [0, 0.05) is 12.4 Å². The Hall–Kier alpha value is 0.270. The molecule has 0 bridgehead atoms. The molecule has 84 valence electrons. The van der Waals surface area contributed by atoms with Crippen LogP contribution in [0.2, 0.25) is 0 Å². The Morgan fingerprint density at radius 1 is 1.29 bits per heavy atom. The Morgan fingerprint density at radius 2 is 2.00 bits per heavy atom. The smallest absolute Gasteiger partial charge is 0.0575 e. The molecular weight excluding hydrogens is 196 g/mol. The molecule has 0 aliphatic heterocycles. The Morgan fingerprint density at radius 3 is 2.57 bits per heavy atom. The summed E-state index contributed by atoms with van der Waals surface area (Å²) in [4.78, 5) is 0. The topological polar surface area (TPSA) is 29.5 Å². The highest BCUT2D eigenvalue weighted by Gasteiger charge is 2.20. The van der Waals surface area contributed by atoms with E-state index in [4.69, 9.17) is 9.84 Å². The highest BCUT2D eigenvalue weighted by Crippen LogP contribution is 2.25. The molecule has 0 amide bonds. The summed E-state index contributed by atoms with van der Waals surface area (Å²) in [6.07, 6.45) is 5.03. The van der Waals surface area contributed by atoms with Gasteiger partial charge >= 0.3 is 0 Å². The lowest BCUT2D eigenvalue weighted by atomic mass is 9.88. The van der Waals surface area contributed by atoms with Crippen LogP contribution in [0.15, 0.2) is 0 Å². The first-order valence-corrected chi connectivity index (χ1v) is 6.82. The molecule has 0 heterocycles. The third kappa shape index (κ3) is 4.67. The van der Waals surface area contributed by atoms with E-state index in [0.29, 0.717) is 18.6 Å². The van der Waals surface area contributed by atoms with E-state index >= 15 is 0 Å². The van der Waals surface area contributed by atoms with E-state index < -0.39 is 0 Å². The van der Waals surface area contributed by atoms with Crippen molar-refractivity contribution < 1.29 is 9.84 Å². The second-order valence-electron chi connectivity index (χ2n) is 3.89. The zero-order valence-electron chi connectivity index (χ0n) is 9.08. The van der Waals surface area contributed by atoms with Gasteiger partial charge in [-0.15, -0.1) is 0 Å². The van der Waals surface area contributed by atoms with E-state index in [1.807, 2.05) is 11.8 Å². The lowest BCUT2D eigenvalue weighted by Gasteiger charge is -2.27. The fourth-order valence-electron chi connectivity index (χ4n) is 1.90. The second-order valence-corrected chi connectivity index (χ2v) is 5.29. The molecule has 0 atom stereocenters. The summed E-state index contributed by atoms with van der Waals surface area (Å²) in [7, 11) is 0. The number of hydrogen-bond acceptors (Lipinski definition) is 3. The van der Waals surface area contributed by atoms with Crippen molar-refractivity contribution in [2.75, 3.05) is 24.7 Å². The lowest BCUT2D eigenvalue weighted by molar-refractivity contribution is 0.0197. The fourth-order valence-corrected chi connectivity index (χ4v) is 2.40. The van der Waals surface area contributed by atoms with Gasteiger partial charge in [0.05, 0.1) is 12.7 Å². The van der Waals surface area contributed by atoms with Crippen LogP contribution in [0.1, 0.15) is 32.6 Å². The van der Waals surface area contributed by atoms with Crippen molar-refractivity contribution in [1.29, 1.82) is 0 Å². The predicted molar refractivity (Wildman–Crippen MR) is 61.8 cm³/mol. The average molecular weight is 218 g/mol. The minimum absolute atomic E-state index is 0.360. The maximum Gasteiger partial charge on any atom is 0.0575 e. The van der Waals surface area contributed by atoms with Gasteiger partial charge in [-0.25, -0.2) is 0 Å². The normalized spacial score (nSPS) is 27.9. The number of aliphatic hydroxyl groups excluding tert-OH is 1. The van der Waals surface area contributed by atoms with E-state index in [0.717, 1.165) is 38.0 Å².